The highest BCUT2D eigenvalue weighted by molar-refractivity contribution is 8.00. The number of thioether (sulfide) groups is 1. The smallest absolute Gasteiger partial charge is 0.313 e. The number of rotatable bonds is 2. The summed E-state index contributed by atoms with van der Waals surface area (Å²) in [6, 6.07) is 10.2. The van der Waals surface area contributed by atoms with Crippen molar-refractivity contribution in [2.75, 3.05) is 0 Å². The monoisotopic (exact) mass is 304 g/mol. The van der Waals surface area contributed by atoms with Crippen LogP contribution in [0.2, 0.25) is 0 Å². The fourth-order valence-corrected chi connectivity index (χ4v) is 5.98. The average molecular weight is 304 g/mol. The van der Waals surface area contributed by atoms with Crippen LogP contribution in [0, 0.1) is 17.8 Å². The van der Waals surface area contributed by atoms with Gasteiger partial charge in [-0.3, -0.25) is 4.79 Å². The van der Waals surface area contributed by atoms with Gasteiger partial charge in [-0.25, -0.2) is 0 Å². The first-order valence-corrected chi connectivity index (χ1v) is 8.63. The SMILES string of the molecule is C[C@H]1C[C@H]2CC[C@H]3OC(=O)C([C@@H]1Sc1ccccc1)[C@@]23O. The lowest BCUT2D eigenvalue weighted by Gasteiger charge is -2.44. The second-order valence-corrected chi connectivity index (χ2v) is 7.92. The molecule has 0 aromatic heterocycles. The summed E-state index contributed by atoms with van der Waals surface area (Å²) in [5.74, 6) is 0.0765. The molecule has 0 spiro atoms. The predicted octanol–water partition coefficient (Wildman–Crippen LogP) is 2.87. The Morgan fingerprint density at radius 2 is 2.05 bits per heavy atom. The Morgan fingerprint density at radius 3 is 2.81 bits per heavy atom. The van der Waals surface area contributed by atoms with E-state index in [9.17, 15) is 9.90 Å². The van der Waals surface area contributed by atoms with Gasteiger partial charge >= 0.3 is 5.97 Å². The number of aliphatic hydroxyl groups is 1. The van der Waals surface area contributed by atoms with Crippen molar-refractivity contribution in [2.45, 2.75) is 48.0 Å². The number of carbonyl (C=O) groups excluding carboxylic acids is 1. The van der Waals surface area contributed by atoms with E-state index in [0.717, 1.165) is 24.2 Å². The summed E-state index contributed by atoms with van der Waals surface area (Å²) in [7, 11) is 0. The average Bonchev–Trinajstić information content (AvgIpc) is 2.91. The molecular formula is C17H20O3S. The fourth-order valence-electron chi connectivity index (χ4n) is 4.54. The number of carbonyl (C=O) groups is 1. The van der Waals surface area contributed by atoms with E-state index in [4.69, 9.17) is 4.74 Å². The number of ether oxygens (including phenoxy) is 1. The van der Waals surface area contributed by atoms with Crippen molar-refractivity contribution in [3.05, 3.63) is 30.3 Å². The van der Waals surface area contributed by atoms with E-state index in [0.29, 0.717) is 5.92 Å². The first kappa shape index (κ1) is 13.6. The summed E-state index contributed by atoms with van der Waals surface area (Å²) < 4.78 is 5.52. The van der Waals surface area contributed by atoms with Crippen molar-refractivity contribution >= 4 is 17.7 Å². The van der Waals surface area contributed by atoms with Crippen LogP contribution in [-0.2, 0) is 9.53 Å². The zero-order valence-corrected chi connectivity index (χ0v) is 12.9. The van der Waals surface area contributed by atoms with Crippen LogP contribution in [0.4, 0.5) is 0 Å². The Bertz CT molecular complexity index is 560. The highest BCUT2D eigenvalue weighted by Crippen LogP contribution is 2.58. The second-order valence-electron chi connectivity index (χ2n) is 6.67. The van der Waals surface area contributed by atoms with Crippen LogP contribution in [0.3, 0.4) is 0 Å². The van der Waals surface area contributed by atoms with Crippen molar-refractivity contribution < 1.29 is 14.6 Å². The normalized spacial score (nSPS) is 44.5. The van der Waals surface area contributed by atoms with Gasteiger partial charge in [0.15, 0.2) is 0 Å². The van der Waals surface area contributed by atoms with Crippen molar-refractivity contribution in [3.63, 3.8) is 0 Å². The van der Waals surface area contributed by atoms with E-state index in [2.05, 4.69) is 19.1 Å². The molecule has 6 atom stereocenters. The molecular weight excluding hydrogens is 284 g/mol. The van der Waals surface area contributed by atoms with Gasteiger partial charge in [-0.2, -0.15) is 0 Å². The van der Waals surface area contributed by atoms with Crippen molar-refractivity contribution in [1.82, 2.24) is 0 Å². The first-order valence-electron chi connectivity index (χ1n) is 7.75. The molecule has 2 saturated carbocycles. The molecule has 0 radical (unpaired) electrons. The minimum absolute atomic E-state index is 0.101. The highest BCUT2D eigenvalue weighted by atomic mass is 32.2. The maximum Gasteiger partial charge on any atom is 0.313 e. The van der Waals surface area contributed by atoms with Gasteiger partial charge in [-0.1, -0.05) is 25.1 Å². The molecule has 1 aliphatic heterocycles. The van der Waals surface area contributed by atoms with E-state index in [1.165, 1.54) is 0 Å². The third-order valence-electron chi connectivity index (χ3n) is 5.52. The van der Waals surface area contributed by atoms with E-state index in [1.54, 1.807) is 11.8 Å². The van der Waals surface area contributed by atoms with Crippen LogP contribution in [0.25, 0.3) is 0 Å². The summed E-state index contributed by atoms with van der Waals surface area (Å²) in [4.78, 5) is 13.5. The molecule has 3 nitrogen and oxygen atoms in total. The molecule has 1 N–H and O–H groups in total. The van der Waals surface area contributed by atoms with Crippen LogP contribution in [0.15, 0.2) is 35.2 Å². The van der Waals surface area contributed by atoms with Crippen LogP contribution < -0.4 is 0 Å². The number of benzene rings is 1. The molecule has 1 heterocycles. The quantitative estimate of drug-likeness (QED) is 0.854. The first-order chi connectivity index (χ1) is 10.1. The van der Waals surface area contributed by atoms with Crippen molar-refractivity contribution in [3.8, 4) is 0 Å². The number of hydrogen-bond donors (Lipinski definition) is 1. The van der Waals surface area contributed by atoms with Gasteiger partial charge in [0.1, 0.15) is 17.6 Å². The second kappa shape index (κ2) is 4.75. The highest BCUT2D eigenvalue weighted by Gasteiger charge is 2.68. The topological polar surface area (TPSA) is 46.5 Å². The molecule has 1 aromatic rings. The lowest BCUT2D eigenvalue weighted by molar-refractivity contribution is -0.145. The molecule has 3 fully saturated rings. The number of hydrogen-bond acceptors (Lipinski definition) is 4. The molecule has 2 aliphatic carbocycles. The van der Waals surface area contributed by atoms with Gasteiger partial charge < -0.3 is 9.84 Å². The lowest BCUT2D eigenvalue weighted by atomic mass is 9.66. The molecule has 0 amide bonds. The summed E-state index contributed by atoms with van der Waals surface area (Å²) in [5.41, 5.74) is -0.921. The van der Waals surface area contributed by atoms with Gasteiger partial charge in [0.25, 0.3) is 0 Å². The molecule has 112 valence electrons. The lowest BCUT2D eigenvalue weighted by Crippen LogP contribution is -2.55. The standard InChI is InChI=1S/C17H20O3S/c1-10-9-11-7-8-13-17(11,19)14(16(18)20-13)15(10)21-12-5-3-2-4-6-12/h2-6,10-11,13-15,19H,7-9H2,1H3/t10-,11+,13+,14?,15+,17+/m0/s1. The molecule has 0 bridgehead atoms. The molecule has 3 aliphatic rings. The molecule has 21 heavy (non-hydrogen) atoms. The van der Waals surface area contributed by atoms with Gasteiger partial charge in [0.05, 0.1) is 0 Å². The Balaban J connectivity index is 1.69. The summed E-state index contributed by atoms with van der Waals surface area (Å²) in [6.07, 6.45) is 2.52. The number of esters is 1. The van der Waals surface area contributed by atoms with Gasteiger partial charge in [-0.05, 0) is 43.2 Å². The Hall–Kier alpha value is -1.00. The van der Waals surface area contributed by atoms with E-state index < -0.39 is 5.60 Å². The van der Waals surface area contributed by atoms with Crippen molar-refractivity contribution in [2.24, 2.45) is 17.8 Å². The van der Waals surface area contributed by atoms with Crippen LogP contribution in [-0.4, -0.2) is 28.0 Å². The van der Waals surface area contributed by atoms with E-state index in [1.807, 2.05) is 18.2 Å². The molecule has 4 heteroatoms. The maximum absolute atomic E-state index is 12.4. The van der Waals surface area contributed by atoms with Gasteiger partial charge in [0, 0.05) is 10.1 Å². The fraction of sp³-hybridized carbons (Fsp3) is 0.588. The minimum atomic E-state index is -0.921. The summed E-state index contributed by atoms with van der Waals surface area (Å²) >= 11 is 1.72. The van der Waals surface area contributed by atoms with Gasteiger partial charge in [-0.15, -0.1) is 11.8 Å². The minimum Gasteiger partial charge on any atom is -0.459 e. The van der Waals surface area contributed by atoms with E-state index >= 15 is 0 Å². The van der Waals surface area contributed by atoms with Crippen LogP contribution >= 0.6 is 11.8 Å². The molecule has 1 saturated heterocycles. The predicted molar refractivity (Wildman–Crippen MR) is 80.9 cm³/mol. The van der Waals surface area contributed by atoms with Crippen molar-refractivity contribution in [1.29, 1.82) is 0 Å². The zero-order valence-electron chi connectivity index (χ0n) is 12.1. The molecule has 1 aromatic carbocycles. The van der Waals surface area contributed by atoms with E-state index in [-0.39, 0.29) is 29.2 Å². The zero-order chi connectivity index (χ0) is 14.6. The third-order valence-corrected chi connectivity index (χ3v) is 7.07. The Morgan fingerprint density at radius 1 is 1.29 bits per heavy atom. The Labute approximate surface area is 129 Å². The Kier molecular flexibility index (Phi) is 3.09. The maximum atomic E-state index is 12.4. The molecule has 4 rings (SSSR count). The van der Waals surface area contributed by atoms with Crippen LogP contribution in [0.1, 0.15) is 26.2 Å². The molecule has 1 unspecified atom stereocenters. The summed E-state index contributed by atoms with van der Waals surface area (Å²) in [6.45, 7) is 2.21. The summed E-state index contributed by atoms with van der Waals surface area (Å²) in [5, 5.41) is 11.3. The third kappa shape index (κ3) is 1.88. The van der Waals surface area contributed by atoms with Crippen LogP contribution in [0.5, 0.6) is 0 Å². The van der Waals surface area contributed by atoms with Gasteiger partial charge in [0.2, 0.25) is 0 Å². The largest absolute Gasteiger partial charge is 0.459 e.